The fourth-order valence-corrected chi connectivity index (χ4v) is 5.20. The molecule has 9 heteroatoms. The molecule has 2 unspecified atom stereocenters. The summed E-state index contributed by atoms with van der Waals surface area (Å²) in [6.45, 7) is 8.20. The van der Waals surface area contributed by atoms with Gasteiger partial charge in [-0.3, -0.25) is 4.79 Å². The molecule has 1 aliphatic rings. The molecule has 0 aromatic carbocycles. The lowest BCUT2D eigenvalue weighted by molar-refractivity contribution is -0.0440. The molecule has 2 aromatic rings. The van der Waals surface area contributed by atoms with Gasteiger partial charge in [-0.1, -0.05) is 6.07 Å². The number of morpholine rings is 1. The summed E-state index contributed by atoms with van der Waals surface area (Å²) < 4.78 is 34.2. The first-order chi connectivity index (χ1) is 13.7. The zero-order valence-electron chi connectivity index (χ0n) is 17.3. The molecular formula is C20H28N4O4S. The highest BCUT2D eigenvalue weighted by Gasteiger charge is 2.30. The van der Waals surface area contributed by atoms with Crippen LogP contribution in [0.4, 0.5) is 0 Å². The molecule has 1 N–H and O–H groups in total. The van der Waals surface area contributed by atoms with Crippen molar-refractivity contribution in [2.75, 3.05) is 25.4 Å². The molecule has 3 heterocycles. The Bertz CT molecular complexity index is 962. The molecule has 0 radical (unpaired) electrons. The SMILES string of the molecule is Cc1cc(C(=O)NCCS(=O)(=O)N2CC(C)OC(C)C2)c(C)n1-c1ccccn1. The van der Waals surface area contributed by atoms with Crippen LogP contribution >= 0.6 is 0 Å². The quantitative estimate of drug-likeness (QED) is 0.767. The van der Waals surface area contributed by atoms with Crippen molar-refractivity contribution in [1.29, 1.82) is 0 Å². The molecule has 0 aliphatic carbocycles. The third-order valence-electron chi connectivity index (χ3n) is 4.98. The van der Waals surface area contributed by atoms with E-state index in [0.29, 0.717) is 18.7 Å². The van der Waals surface area contributed by atoms with Crippen molar-refractivity contribution in [2.24, 2.45) is 0 Å². The van der Waals surface area contributed by atoms with Crippen LogP contribution in [0.25, 0.3) is 5.82 Å². The topological polar surface area (TPSA) is 93.5 Å². The zero-order chi connectivity index (χ0) is 21.2. The minimum Gasteiger partial charge on any atom is -0.373 e. The minimum absolute atomic E-state index is 0.0501. The average molecular weight is 421 g/mol. The zero-order valence-corrected chi connectivity index (χ0v) is 18.1. The standard InChI is InChI=1S/C20H28N4O4S/c1-14-11-18(17(4)24(14)19-7-5-6-8-21-19)20(25)22-9-10-29(26,27)23-12-15(2)28-16(3)13-23/h5-8,11,15-16H,9-10,12-13H2,1-4H3,(H,22,25). The molecule has 1 fully saturated rings. The summed E-state index contributed by atoms with van der Waals surface area (Å²) in [5, 5.41) is 2.74. The number of nitrogens with one attached hydrogen (secondary N) is 1. The maximum Gasteiger partial charge on any atom is 0.253 e. The lowest BCUT2D eigenvalue weighted by Gasteiger charge is -2.34. The summed E-state index contributed by atoms with van der Waals surface area (Å²) in [5.41, 5.74) is 2.16. The first kappa shape index (κ1) is 21.5. The normalized spacial score (nSPS) is 20.6. The lowest BCUT2D eigenvalue weighted by atomic mass is 10.2. The maximum absolute atomic E-state index is 12.7. The van der Waals surface area contributed by atoms with Crippen molar-refractivity contribution >= 4 is 15.9 Å². The van der Waals surface area contributed by atoms with Crippen LogP contribution in [0.5, 0.6) is 0 Å². The van der Waals surface area contributed by atoms with Crippen LogP contribution in [0.1, 0.15) is 35.6 Å². The Hall–Kier alpha value is -2.23. The summed E-state index contributed by atoms with van der Waals surface area (Å²) >= 11 is 0. The molecule has 29 heavy (non-hydrogen) atoms. The van der Waals surface area contributed by atoms with Gasteiger partial charge in [-0.25, -0.2) is 13.4 Å². The monoisotopic (exact) mass is 420 g/mol. The van der Waals surface area contributed by atoms with Crippen molar-refractivity contribution in [3.8, 4) is 5.82 Å². The summed E-state index contributed by atoms with van der Waals surface area (Å²) in [4.78, 5) is 17.0. The molecular weight excluding hydrogens is 392 g/mol. The van der Waals surface area contributed by atoms with Crippen molar-refractivity contribution in [3.05, 3.63) is 47.4 Å². The van der Waals surface area contributed by atoms with Gasteiger partial charge in [0.2, 0.25) is 10.0 Å². The number of pyridine rings is 1. The second kappa shape index (κ2) is 8.64. The number of sulfonamides is 1. The third kappa shape index (κ3) is 4.85. The number of rotatable bonds is 6. The van der Waals surface area contributed by atoms with E-state index >= 15 is 0 Å². The number of hydrogen-bond donors (Lipinski definition) is 1. The molecule has 0 saturated carbocycles. The van der Waals surface area contributed by atoms with Crippen LogP contribution in [-0.4, -0.2) is 65.8 Å². The molecule has 0 bridgehead atoms. The molecule has 0 spiro atoms. The van der Waals surface area contributed by atoms with Crippen LogP contribution in [0.2, 0.25) is 0 Å². The van der Waals surface area contributed by atoms with Crippen LogP contribution in [0, 0.1) is 13.8 Å². The average Bonchev–Trinajstić information content (AvgIpc) is 2.96. The van der Waals surface area contributed by atoms with Gasteiger partial charge in [0.25, 0.3) is 5.91 Å². The lowest BCUT2D eigenvalue weighted by Crippen LogP contribution is -2.49. The van der Waals surface area contributed by atoms with Gasteiger partial charge in [0.15, 0.2) is 0 Å². The largest absolute Gasteiger partial charge is 0.373 e. The molecule has 158 valence electrons. The predicted octanol–water partition coefficient (Wildman–Crippen LogP) is 1.66. The number of amides is 1. The van der Waals surface area contributed by atoms with E-state index in [-0.39, 0.29) is 30.4 Å². The first-order valence-electron chi connectivity index (χ1n) is 9.71. The van der Waals surface area contributed by atoms with Gasteiger partial charge in [0, 0.05) is 37.2 Å². The van der Waals surface area contributed by atoms with E-state index in [2.05, 4.69) is 10.3 Å². The van der Waals surface area contributed by atoms with Crippen LogP contribution in [0.3, 0.4) is 0 Å². The van der Waals surface area contributed by atoms with Crippen LogP contribution < -0.4 is 5.32 Å². The van der Waals surface area contributed by atoms with Gasteiger partial charge < -0.3 is 14.6 Å². The molecule has 1 saturated heterocycles. The summed E-state index contributed by atoms with van der Waals surface area (Å²) in [7, 11) is -3.46. The van der Waals surface area contributed by atoms with E-state index in [1.165, 1.54) is 4.31 Å². The summed E-state index contributed by atoms with van der Waals surface area (Å²) in [5.74, 6) is 0.302. The van der Waals surface area contributed by atoms with E-state index < -0.39 is 10.0 Å². The van der Waals surface area contributed by atoms with Crippen LogP contribution in [0.15, 0.2) is 30.5 Å². The second-order valence-corrected chi connectivity index (χ2v) is 9.54. The molecule has 8 nitrogen and oxygen atoms in total. The summed E-state index contributed by atoms with van der Waals surface area (Å²) in [6.07, 6.45) is 1.42. The Balaban J connectivity index is 1.64. The fraction of sp³-hybridized carbons (Fsp3) is 0.500. The molecule has 1 amide bonds. The van der Waals surface area contributed by atoms with E-state index in [1.807, 2.05) is 50.5 Å². The van der Waals surface area contributed by atoms with E-state index in [0.717, 1.165) is 17.2 Å². The Morgan fingerprint density at radius 3 is 2.55 bits per heavy atom. The van der Waals surface area contributed by atoms with Gasteiger partial charge in [0.05, 0.1) is 23.5 Å². The Morgan fingerprint density at radius 1 is 1.24 bits per heavy atom. The van der Waals surface area contributed by atoms with Crippen molar-refractivity contribution in [3.63, 3.8) is 0 Å². The number of carbonyl (C=O) groups is 1. The van der Waals surface area contributed by atoms with Crippen LogP contribution in [-0.2, 0) is 14.8 Å². The Kier molecular flexibility index (Phi) is 6.40. The van der Waals surface area contributed by atoms with Crippen molar-refractivity contribution < 1.29 is 17.9 Å². The van der Waals surface area contributed by atoms with Crippen molar-refractivity contribution in [2.45, 2.75) is 39.9 Å². The van der Waals surface area contributed by atoms with Crippen molar-refractivity contribution in [1.82, 2.24) is 19.2 Å². The number of aromatic nitrogens is 2. The van der Waals surface area contributed by atoms with Gasteiger partial charge in [-0.05, 0) is 45.9 Å². The number of ether oxygens (including phenoxy) is 1. The number of aryl methyl sites for hydroxylation is 1. The highest BCUT2D eigenvalue weighted by Crippen LogP contribution is 2.19. The Labute approximate surface area is 171 Å². The smallest absolute Gasteiger partial charge is 0.253 e. The van der Waals surface area contributed by atoms with E-state index in [4.69, 9.17) is 4.74 Å². The van der Waals surface area contributed by atoms with E-state index in [9.17, 15) is 13.2 Å². The maximum atomic E-state index is 12.7. The van der Waals surface area contributed by atoms with Gasteiger partial charge in [0.1, 0.15) is 5.82 Å². The second-order valence-electron chi connectivity index (χ2n) is 7.45. The summed E-state index contributed by atoms with van der Waals surface area (Å²) in [6, 6.07) is 7.39. The fourth-order valence-electron chi connectivity index (χ4n) is 3.71. The number of hydrogen-bond acceptors (Lipinski definition) is 5. The number of carbonyl (C=O) groups excluding carboxylic acids is 1. The predicted molar refractivity (Wildman–Crippen MR) is 111 cm³/mol. The molecule has 2 atom stereocenters. The Morgan fingerprint density at radius 2 is 1.93 bits per heavy atom. The third-order valence-corrected chi connectivity index (χ3v) is 6.78. The molecule has 1 aliphatic heterocycles. The van der Waals surface area contributed by atoms with E-state index in [1.54, 1.807) is 12.3 Å². The van der Waals surface area contributed by atoms with Gasteiger partial charge in [-0.2, -0.15) is 4.31 Å². The first-order valence-corrected chi connectivity index (χ1v) is 11.3. The van der Waals surface area contributed by atoms with Gasteiger partial charge in [-0.15, -0.1) is 0 Å². The minimum atomic E-state index is -3.46. The molecule has 3 rings (SSSR count). The number of nitrogens with zero attached hydrogens (tertiary/aromatic N) is 3. The highest BCUT2D eigenvalue weighted by atomic mass is 32.2. The molecule has 2 aromatic heterocycles. The highest BCUT2D eigenvalue weighted by molar-refractivity contribution is 7.89. The van der Waals surface area contributed by atoms with Gasteiger partial charge >= 0.3 is 0 Å².